The van der Waals surface area contributed by atoms with Crippen LogP contribution in [0.25, 0.3) is 0 Å². The van der Waals surface area contributed by atoms with Crippen molar-refractivity contribution in [3.8, 4) is 0 Å². The molecule has 0 spiro atoms. The van der Waals surface area contributed by atoms with E-state index in [2.05, 4.69) is 54.5 Å². The normalized spacial score (nSPS) is 22.0. The molecule has 1 aromatic heterocycles. The number of carbonyl (C=O) groups is 2. The van der Waals surface area contributed by atoms with Crippen LogP contribution in [0.3, 0.4) is 0 Å². The zero-order chi connectivity index (χ0) is 23.0. The molecule has 0 aliphatic carbocycles. The van der Waals surface area contributed by atoms with E-state index in [1.54, 1.807) is 0 Å². The largest absolute Gasteiger partial charge is 0.338 e. The van der Waals surface area contributed by atoms with Gasteiger partial charge in [-0.1, -0.05) is 50.6 Å². The number of rotatable bonds is 3. The van der Waals surface area contributed by atoms with E-state index in [-0.39, 0.29) is 23.9 Å². The van der Waals surface area contributed by atoms with Gasteiger partial charge in [-0.15, -0.1) is 11.3 Å². The van der Waals surface area contributed by atoms with Gasteiger partial charge in [0.1, 0.15) is 0 Å². The van der Waals surface area contributed by atoms with Crippen LogP contribution in [0, 0.1) is 12.3 Å². The molecule has 0 radical (unpaired) electrons. The molecule has 5 nitrogen and oxygen atoms in total. The molecule has 32 heavy (non-hydrogen) atoms. The fourth-order valence-electron chi connectivity index (χ4n) is 4.87. The third-order valence-corrected chi connectivity index (χ3v) is 7.68. The number of carbonyl (C=O) groups excluding carboxylic acids is 2. The third kappa shape index (κ3) is 4.62. The molecule has 0 bridgehead atoms. The molecule has 6 heteroatoms. The zero-order valence-corrected chi connectivity index (χ0v) is 20.7. The molecule has 2 aliphatic rings. The van der Waals surface area contributed by atoms with Crippen LogP contribution < -0.4 is 0 Å². The molecule has 0 unspecified atom stereocenters. The molecular weight excluding hydrogens is 418 g/mol. The van der Waals surface area contributed by atoms with Crippen molar-refractivity contribution >= 4 is 23.2 Å². The average molecular weight is 454 g/mol. The van der Waals surface area contributed by atoms with Crippen LogP contribution in [0.5, 0.6) is 0 Å². The predicted molar refractivity (Wildman–Crippen MR) is 130 cm³/mol. The highest BCUT2D eigenvalue weighted by molar-refractivity contribution is 7.10. The first-order valence-electron chi connectivity index (χ1n) is 11.6. The van der Waals surface area contributed by atoms with Crippen LogP contribution in [0.2, 0.25) is 0 Å². The van der Waals surface area contributed by atoms with Gasteiger partial charge in [0.15, 0.2) is 0 Å². The molecule has 1 fully saturated rings. The van der Waals surface area contributed by atoms with Gasteiger partial charge in [0.2, 0.25) is 11.8 Å². The van der Waals surface area contributed by atoms with Crippen molar-refractivity contribution < 1.29 is 9.59 Å². The van der Waals surface area contributed by atoms with Crippen molar-refractivity contribution in [3.63, 3.8) is 0 Å². The van der Waals surface area contributed by atoms with Crippen LogP contribution >= 0.6 is 11.3 Å². The van der Waals surface area contributed by atoms with E-state index in [0.29, 0.717) is 26.2 Å². The summed E-state index contributed by atoms with van der Waals surface area (Å²) < 4.78 is 0. The van der Waals surface area contributed by atoms with Gasteiger partial charge in [0.25, 0.3) is 0 Å². The number of fused-ring (bicyclic) bond motifs is 1. The van der Waals surface area contributed by atoms with Crippen LogP contribution in [0.1, 0.15) is 55.3 Å². The minimum atomic E-state index is -0.395. The van der Waals surface area contributed by atoms with Gasteiger partial charge in [0, 0.05) is 42.5 Å². The van der Waals surface area contributed by atoms with Gasteiger partial charge in [-0.3, -0.25) is 14.5 Å². The van der Waals surface area contributed by atoms with E-state index in [4.69, 9.17) is 0 Å². The fraction of sp³-hybridized carbons (Fsp3) is 0.538. The summed E-state index contributed by atoms with van der Waals surface area (Å²) in [5, 5.41) is 2.17. The van der Waals surface area contributed by atoms with Crippen LogP contribution in [-0.4, -0.2) is 65.3 Å². The van der Waals surface area contributed by atoms with Crippen LogP contribution in [0.4, 0.5) is 0 Å². The molecule has 2 aromatic rings. The van der Waals surface area contributed by atoms with Gasteiger partial charge in [-0.05, 0) is 42.8 Å². The lowest BCUT2D eigenvalue weighted by molar-refractivity contribution is -0.148. The summed E-state index contributed by atoms with van der Waals surface area (Å²) in [5.74, 6) is 0.327. The van der Waals surface area contributed by atoms with Crippen molar-refractivity contribution in [1.29, 1.82) is 0 Å². The number of hydrogen-bond acceptors (Lipinski definition) is 4. The molecule has 172 valence electrons. The first-order chi connectivity index (χ1) is 15.1. The molecule has 1 saturated heterocycles. The summed E-state index contributed by atoms with van der Waals surface area (Å²) in [5.41, 5.74) is 3.44. The highest BCUT2D eigenvalue weighted by Gasteiger charge is 2.36. The second-order valence-corrected chi connectivity index (χ2v) is 11.3. The Morgan fingerprint density at radius 3 is 2.44 bits per heavy atom. The van der Waals surface area contributed by atoms with Crippen LogP contribution in [-0.2, 0) is 16.0 Å². The summed E-state index contributed by atoms with van der Waals surface area (Å²) in [4.78, 5) is 33.8. The molecule has 0 saturated carbocycles. The molecule has 2 amide bonds. The van der Waals surface area contributed by atoms with Crippen molar-refractivity contribution in [2.24, 2.45) is 5.41 Å². The lowest BCUT2D eigenvalue weighted by Gasteiger charge is -2.43. The molecule has 2 aliphatic heterocycles. The smallest absolute Gasteiger partial charge is 0.236 e. The Hall–Kier alpha value is -2.18. The fourth-order valence-corrected chi connectivity index (χ4v) is 5.77. The summed E-state index contributed by atoms with van der Waals surface area (Å²) >= 11 is 1.82. The molecule has 0 N–H and O–H groups in total. The van der Waals surface area contributed by atoms with Crippen molar-refractivity contribution in [2.75, 3.05) is 32.7 Å². The standard InChI is InChI=1S/C26H35N3O2S/c1-18-6-8-20(9-7-18)24-21-11-15-32-22(21)10-12-28(24)17-23(30)27-13-14-29(19(2)16-27)25(31)26(3,4)5/h6-9,11,15,19,24H,10,12-14,16-17H2,1-5H3/t19-,24-/m0/s1. The number of piperazine rings is 1. The molecule has 2 atom stereocenters. The molecule has 3 heterocycles. The van der Waals surface area contributed by atoms with Crippen molar-refractivity contribution in [1.82, 2.24) is 14.7 Å². The molecular formula is C26H35N3O2S. The summed E-state index contributed by atoms with van der Waals surface area (Å²) in [6, 6.07) is 11.1. The average Bonchev–Trinajstić information content (AvgIpc) is 3.22. The summed E-state index contributed by atoms with van der Waals surface area (Å²) in [7, 11) is 0. The van der Waals surface area contributed by atoms with E-state index >= 15 is 0 Å². The molecule has 4 rings (SSSR count). The Bertz CT molecular complexity index is 976. The quantitative estimate of drug-likeness (QED) is 0.703. The maximum Gasteiger partial charge on any atom is 0.236 e. The Kier molecular flexibility index (Phi) is 6.46. The van der Waals surface area contributed by atoms with E-state index < -0.39 is 5.41 Å². The Labute approximate surface area is 196 Å². The number of amides is 2. The second-order valence-electron chi connectivity index (χ2n) is 10.3. The van der Waals surface area contributed by atoms with Gasteiger partial charge >= 0.3 is 0 Å². The monoisotopic (exact) mass is 453 g/mol. The number of benzene rings is 1. The van der Waals surface area contributed by atoms with Crippen molar-refractivity contribution in [3.05, 3.63) is 57.3 Å². The lowest BCUT2D eigenvalue weighted by Crippen LogP contribution is -2.58. The van der Waals surface area contributed by atoms with Gasteiger partial charge in [-0.2, -0.15) is 0 Å². The predicted octanol–water partition coefficient (Wildman–Crippen LogP) is 4.11. The number of aryl methyl sites for hydroxylation is 1. The topological polar surface area (TPSA) is 43.9 Å². The summed E-state index contributed by atoms with van der Waals surface area (Å²) in [6.07, 6.45) is 0.993. The van der Waals surface area contributed by atoms with Crippen molar-refractivity contribution in [2.45, 2.75) is 53.1 Å². The maximum absolute atomic E-state index is 13.3. The highest BCUT2D eigenvalue weighted by Crippen LogP contribution is 2.37. The van der Waals surface area contributed by atoms with Gasteiger partial charge in [0.05, 0.1) is 12.6 Å². The number of hydrogen-bond donors (Lipinski definition) is 0. The molecule has 1 aromatic carbocycles. The minimum absolute atomic E-state index is 0.0390. The SMILES string of the molecule is Cc1ccc([C@H]2c3ccsc3CCN2CC(=O)N2CCN(C(=O)C(C)(C)C)[C@@H](C)C2)cc1. The highest BCUT2D eigenvalue weighted by atomic mass is 32.1. The second kappa shape index (κ2) is 8.99. The first-order valence-corrected chi connectivity index (χ1v) is 12.5. The maximum atomic E-state index is 13.3. The van der Waals surface area contributed by atoms with Gasteiger partial charge in [-0.25, -0.2) is 0 Å². The number of nitrogens with zero attached hydrogens (tertiary/aromatic N) is 3. The Morgan fingerprint density at radius 2 is 1.78 bits per heavy atom. The van der Waals surface area contributed by atoms with E-state index in [0.717, 1.165) is 13.0 Å². The van der Waals surface area contributed by atoms with E-state index in [9.17, 15) is 9.59 Å². The number of thiophene rings is 1. The minimum Gasteiger partial charge on any atom is -0.338 e. The third-order valence-electron chi connectivity index (χ3n) is 6.68. The first kappa shape index (κ1) is 23.0. The van der Waals surface area contributed by atoms with E-state index in [1.807, 2.05) is 41.9 Å². The Balaban J connectivity index is 1.48. The Morgan fingerprint density at radius 1 is 1.06 bits per heavy atom. The lowest BCUT2D eigenvalue weighted by atomic mass is 9.92. The van der Waals surface area contributed by atoms with E-state index in [1.165, 1.54) is 21.6 Å². The zero-order valence-electron chi connectivity index (χ0n) is 19.9. The van der Waals surface area contributed by atoms with Crippen LogP contribution in [0.15, 0.2) is 35.7 Å². The van der Waals surface area contributed by atoms with Gasteiger partial charge < -0.3 is 9.80 Å². The summed E-state index contributed by atoms with van der Waals surface area (Å²) in [6.45, 7) is 13.2.